The van der Waals surface area contributed by atoms with Gasteiger partial charge in [0.15, 0.2) is 9.84 Å². The van der Waals surface area contributed by atoms with Gasteiger partial charge in [-0.1, -0.05) is 53.5 Å². The number of sulfone groups is 1. The number of hydrogen-bond donors (Lipinski definition) is 1. The zero-order chi connectivity index (χ0) is 23.8. The Kier molecular flexibility index (Phi) is 6.47. The van der Waals surface area contributed by atoms with Crippen LogP contribution in [0.25, 0.3) is 10.9 Å². The second kappa shape index (κ2) is 9.17. The van der Waals surface area contributed by atoms with Crippen LogP contribution >= 0.6 is 23.2 Å². The molecule has 0 aliphatic heterocycles. The molecule has 0 saturated carbocycles. The van der Waals surface area contributed by atoms with E-state index in [1.807, 2.05) is 6.92 Å². The number of fused-ring (bicyclic) bond motifs is 1. The molecule has 33 heavy (non-hydrogen) atoms. The molecular formula is C24H19Cl2FN2O3S. The van der Waals surface area contributed by atoms with Gasteiger partial charge in [-0.2, -0.15) is 0 Å². The van der Waals surface area contributed by atoms with Gasteiger partial charge in [0.25, 0.3) is 0 Å². The molecule has 5 nitrogen and oxygen atoms in total. The predicted octanol–water partition coefficient (Wildman–Crippen LogP) is 6.01. The molecule has 4 rings (SSSR count). The fourth-order valence-corrected chi connectivity index (χ4v) is 5.71. The lowest BCUT2D eigenvalue weighted by Crippen LogP contribution is -2.18. The van der Waals surface area contributed by atoms with Gasteiger partial charge >= 0.3 is 0 Å². The molecular weight excluding hydrogens is 486 g/mol. The van der Waals surface area contributed by atoms with E-state index in [-0.39, 0.29) is 27.9 Å². The van der Waals surface area contributed by atoms with E-state index in [4.69, 9.17) is 23.2 Å². The molecule has 0 bridgehead atoms. The van der Waals surface area contributed by atoms with Crippen LogP contribution in [-0.4, -0.2) is 18.9 Å². The Labute approximate surface area is 200 Å². The number of para-hydroxylation sites is 1. The Hall–Kier alpha value is -2.87. The van der Waals surface area contributed by atoms with Gasteiger partial charge in [-0.3, -0.25) is 4.79 Å². The summed E-state index contributed by atoms with van der Waals surface area (Å²) in [6.45, 7) is 1.72. The van der Waals surface area contributed by atoms with Gasteiger partial charge in [0.1, 0.15) is 12.4 Å². The van der Waals surface area contributed by atoms with Crippen molar-refractivity contribution in [1.29, 1.82) is 0 Å². The molecule has 3 aromatic carbocycles. The molecule has 1 amide bonds. The van der Waals surface area contributed by atoms with E-state index in [2.05, 4.69) is 5.32 Å². The number of rotatable bonds is 6. The van der Waals surface area contributed by atoms with Gasteiger partial charge < -0.3 is 9.88 Å². The first-order valence-corrected chi connectivity index (χ1v) is 12.4. The monoisotopic (exact) mass is 504 g/mol. The SMILES string of the molecule is Cc1ccc(Cl)cc1NC(=O)Cn1cc(S(=O)(=O)Cc2c(F)cccc2Cl)c2ccccc21. The number of aromatic nitrogens is 1. The van der Waals surface area contributed by atoms with Crippen LogP contribution in [0.2, 0.25) is 10.0 Å². The number of nitrogens with zero attached hydrogens (tertiary/aromatic N) is 1. The lowest BCUT2D eigenvalue weighted by molar-refractivity contribution is -0.116. The third-order valence-electron chi connectivity index (χ3n) is 5.27. The zero-order valence-electron chi connectivity index (χ0n) is 17.5. The molecule has 0 radical (unpaired) electrons. The maximum atomic E-state index is 14.2. The molecule has 0 fully saturated rings. The summed E-state index contributed by atoms with van der Waals surface area (Å²) in [6, 6.07) is 16.0. The fourth-order valence-electron chi connectivity index (χ4n) is 3.60. The topological polar surface area (TPSA) is 68.2 Å². The van der Waals surface area contributed by atoms with Crippen molar-refractivity contribution in [2.75, 3.05) is 5.32 Å². The van der Waals surface area contributed by atoms with Crippen molar-refractivity contribution in [3.05, 3.63) is 93.8 Å². The van der Waals surface area contributed by atoms with Gasteiger partial charge in [0.05, 0.1) is 10.6 Å². The second-order valence-corrected chi connectivity index (χ2v) is 10.4. The first-order chi connectivity index (χ1) is 15.7. The average molecular weight is 505 g/mol. The van der Waals surface area contributed by atoms with Crippen LogP contribution in [-0.2, 0) is 26.9 Å². The quantitative estimate of drug-likeness (QED) is 0.349. The smallest absolute Gasteiger partial charge is 0.244 e. The summed E-state index contributed by atoms with van der Waals surface area (Å²) in [5.74, 6) is -1.63. The lowest BCUT2D eigenvalue weighted by atomic mass is 10.2. The van der Waals surface area contributed by atoms with Gasteiger partial charge in [-0.15, -0.1) is 0 Å². The van der Waals surface area contributed by atoms with Crippen LogP contribution in [0.5, 0.6) is 0 Å². The minimum absolute atomic E-state index is 0.00385. The van der Waals surface area contributed by atoms with Crippen LogP contribution < -0.4 is 5.32 Å². The zero-order valence-corrected chi connectivity index (χ0v) is 19.8. The molecule has 0 atom stereocenters. The summed E-state index contributed by atoms with van der Waals surface area (Å²) >= 11 is 12.1. The van der Waals surface area contributed by atoms with Crippen molar-refractivity contribution in [3.63, 3.8) is 0 Å². The number of amides is 1. The third kappa shape index (κ3) is 4.90. The summed E-state index contributed by atoms with van der Waals surface area (Å²) < 4.78 is 42.3. The first kappa shape index (κ1) is 23.3. The highest BCUT2D eigenvalue weighted by molar-refractivity contribution is 7.90. The maximum absolute atomic E-state index is 14.2. The van der Waals surface area contributed by atoms with Crippen molar-refractivity contribution in [2.45, 2.75) is 24.1 Å². The number of aryl methyl sites for hydroxylation is 1. The second-order valence-electron chi connectivity index (χ2n) is 7.61. The Morgan fingerprint density at radius 2 is 1.82 bits per heavy atom. The normalized spacial score (nSPS) is 11.6. The van der Waals surface area contributed by atoms with Gasteiger partial charge in [0, 0.05) is 38.4 Å². The molecule has 0 saturated heterocycles. The number of nitrogens with one attached hydrogen (secondary N) is 1. The summed E-state index contributed by atoms with van der Waals surface area (Å²) in [5, 5.41) is 3.78. The molecule has 170 valence electrons. The molecule has 1 heterocycles. The van der Waals surface area contributed by atoms with Crippen LogP contribution in [0.15, 0.2) is 71.8 Å². The van der Waals surface area contributed by atoms with E-state index in [0.717, 1.165) is 5.56 Å². The molecule has 4 aromatic rings. The molecule has 0 aliphatic carbocycles. The number of anilines is 1. The van der Waals surface area contributed by atoms with Crippen molar-refractivity contribution in [2.24, 2.45) is 0 Å². The Morgan fingerprint density at radius 1 is 1.06 bits per heavy atom. The molecule has 0 spiro atoms. The Balaban J connectivity index is 1.68. The maximum Gasteiger partial charge on any atom is 0.244 e. The van der Waals surface area contributed by atoms with Crippen molar-refractivity contribution in [1.82, 2.24) is 4.57 Å². The fraction of sp³-hybridized carbons (Fsp3) is 0.125. The Morgan fingerprint density at radius 3 is 2.58 bits per heavy atom. The molecule has 0 unspecified atom stereocenters. The lowest BCUT2D eigenvalue weighted by Gasteiger charge is -2.10. The summed E-state index contributed by atoms with van der Waals surface area (Å²) in [4.78, 5) is 12.7. The Bertz CT molecular complexity index is 1460. The van der Waals surface area contributed by atoms with Crippen molar-refractivity contribution >= 4 is 55.5 Å². The van der Waals surface area contributed by atoms with Gasteiger partial charge in [0.2, 0.25) is 5.91 Å². The highest BCUT2D eigenvalue weighted by Gasteiger charge is 2.25. The summed E-state index contributed by atoms with van der Waals surface area (Å²) in [7, 11) is -3.97. The highest BCUT2D eigenvalue weighted by Crippen LogP contribution is 2.30. The van der Waals surface area contributed by atoms with Gasteiger partial charge in [-0.25, -0.2) is 12.8 Å². The van der Waals surface area contributed by atoms with Crippen LogP contribution in [0, 0.1) is 12.7 Å². The van der Waals surface area contributed by atoms with E-state index in [9.17, 15) is 17.6 Å². The number of carbonyl (C=O) groups excluding carboxylic acids is 1. The minimum atomic E-state index is -3.97. The first-order valence-electron chi connectivity index (χ1n) is 9.95. The standard InChI is InChI=1S/C24H19Cl2FN2O3S/c1-15-9-10-16(25)11-21(15)28-24(30)13-29-12-23(17-5-2-3-8-22(17)29)33(31,32)14-18-19(26)6-4-7-20(18)27/h2-12H,13-14H2,1H3,(H,28,30). The molecule has 0 aliphatic rings. The van der Waals surface area contributed by atoms with E-state index in [1.165, 1.54) is 24.4 Å². The van der Waals surface area contributed by atoms with Crippen molar-refractivity contribution < 1.29 is 17.6 Å². The number of hydrogen-bond acceptors (Lipinski definition) is 3. The number of halogens is 3. The molecule has 9 heteroatoms. The molecule has 1 N–H and O–H groups in total. The highest BCUT2D eigenvalue weighted by atomic mass is 35.5. The summed E-state index contributed by atoms with van der Waals surface area (Å²) in [6.07, 6.45) is 1.40. The van der Waals surface area contributed by atoms with Crippen LogP contribution in [0.4, 0.5) is 10.1 Å². The third-order valence-corrected chi connectivity index (χ3v) is 7.52. The summed E-state index contributed by atoms with van der Waals surface area (Å²) in [5.41, 5.74) is 1.89. The van der Waals surface area contributed by atoms with Crippen LogP contribution in [0.1, 0.15) is 11.1 Å². The van der Waals surface area contributed by atoms with E-state index >= 15 is 0 Å². The van der Waals surface area contributed by atoms with E-state index < -0.39 is 21.4 Å². The van der Waals surface area contributed by atoms with E-state index in [0.29, 0.717) is 21.6 Å². The van der Waals surface area contributed by atoms with Crippen molar-refractivity contribution in [3.8, 4) is 0 Å². The van der Waals surface area contributed by atoms with Gasteiger partial charge in [-0.05, 0) is 42.8 Å². The average Bonchev–Trinajstić information content (AvgIpc) is 3.13. The predicted molar refractivity (Wildman–Crippen MR) is 129 cm³/mol. The number of carbonyl (C=O) groups is 1. The minimum Gasteiger partial charge on any atom is -0.337 e. The largest absolute Gasteiger partial charge is 0.337 e. The van der Waals surface area contributed by atoms with E-state index in [1.54, 1.807) is 47.0 Å². The van der Waals surface area contributed by atoms with Crippen LogP contribution in [0.3, 0.4) is 0 Å². The number of benzene rings is 3. The molecule has 1 aromatic heterocycles.